The van der Waals surface area contributed by atoms with Gasteiger partial charge in [-0.25, -0.2) is 0 Å². The molecular weight excluding hydrogens is 684 g/mol. The van der Waals surface area contributed by atoms with Crippen molar-refractivity contribution in [2.24, 2.45) is 5.92 Å². The molecule has 0 spiro atoms. The summed E-state index contributed by atoms with van der Waals surface area (Å²) in [6.45, 7) is 7.50. The van der Waals surface area contributed by atoms with Crippen LogP contribution in [-0.2, 0) is 22.6 Å². The van der Waals surface area contributed by atoms with Crippen LogP contribution in [0.1, 0.15) is 91.9 Å². The second kappa shape index (κ2) is 14.7. The predicted octanol–water partition coefficient (Wildman–Crippen LogP) is 4.23. The minimum atomic E-state index is -0.970. The lowest BCUT2D eigenvalue weighted by Crippen LogP contribution is -2.54. The first-order valence-corrected chi connectivity index (χ1v) is 19.1. The van der Waals surface area contributed by atoms with Gasteiger partial charge in [-0.3, -0.25) is 39.1 Å². The van der Waals surface area contributed by atoms with Gasteiger partial charge in [-0.15, -0.1) is 0 Å². The number of carbonyl (C=O) groups excluding carboxylic acids is 5. The van der Waals surface area contributed by atoms with Crippen LogP contribution in [0, 0.1) is 24.2 Å². The van der Waals surface area contributed by atoms with Crippen LogP contribution in [-0.4, -0.2) is 95.6 Å². The molecule has 5 aliphatic heterocycles. The number of nitrogens with zero attached hydrogens (tertiary/aromatic N) is 5. The number of hydrogen-bond donors (Lipinski definition) is 1. The monoisotopic (exact) mass is 728 g/mol. The molecule has 12 nitrogen and oxygen atoms in total. The Morgan fingerprint density at radius 2 is 1.54 bits per heavy atom. The van der Waals surface area contributed by atoms with E-state index < -0.39 is 29.7 Å². The number of nitrogens with one attached hydrogen (secondary N) is 1. The Morgan fingerprint density at radius 3 is 2.20 bits per heavy atom. The topological polar surface area (TPSA) is 143 Å². The van der Waals surface area contributed by atoms with Crippen molar-refractivity contribution in [2.75, 3.05) is 44.2 Å². The lowest BCUT2D eigenvalue weighted by molar-refractivity contribution is -0.136. The van der Waals surface area contributed by atoms with E-state index in [2.05, 4.69) is 21.2 Å². The maximum Gasteiger partial charge on any atom is 0.262 e. The molecule has 12 heteroatoms. The van der Waals surface area contributed by atoms with E-state index in [9.17, 15) is 29.2 Å². The highest BCUT2D eigenvalue weighted by molar-refractivity contribution is 6.23. The number of aryl methyl sites for hydroxylation is 1. The first-order valence-electron chi connectivity index (χ1n) is 19.1. The summed E-state index contributed by atoms with van der Waals surface area (Å²) in [5, 5.41) is 11.4. The van der Waals surface area contributed by atoms with E-state index in [1.54, 1.807) is 0 Å². The van der Waals surface area contributed by atoms with Crippen LogP contribution in [0.5, 0.6) is 5.75 Å². The average Bonchev–Trinajstić information content (AvgIpc) is 3.42. The third kappa shape index (κ3) is 6.96. The highest BCUT2D eigenvalue weighted by Crippen LogP contribution is 2.33. The molecule has 5 amide bonds. The fourth-order valence-corrected chi connectivity index (χ4v) is 8.68. The molecule has 3 aromatic rings. The molecule has 5 aliphatic rings. The number of benzene rings is 3. The van der Waals surface area contributed by atoms with Gasteiger partial charge in [0.15, 0.2) is 0 Å². The Balaban J connectivity index is 0.804. The average molecular weight is 729 g/mol. The number of likely N-dealkylation sites (tertiary alicyclic amines) is 1. The van der Waals surface area contributed by atoms with Crippen LogP contribution in [0.4, 0.5) is 5.69 Å². The molecule has 1 atom stereocenters. The zero-order chi connectivity index (χ0) is 37.5. The summed E-state index contributed by atoms with van der Waals surface area (Å²) in [5.41, 5.74) is 6.14. The molecule has 3 fully saturated rings. The SMILES string of the molecule is Cc1cc(OC2CCN(c3ccc(C(=O)N4CCC(CN5CCc6cc7c(cc6C5)C(=O)N(C5CCC(=O)NC5=O)C7=O)CC4)cc3)CC2)ccc1C#N. The number of nitriles is 1. The van der Waals surface area contributed by atoms with Gasteiger partial charge in [-0.2, -0.15) is 5.26 Å². The second-order valence-corrected chi connectivity index (χ2v) is 15.3. The van der Waals surface area contributed by atoms with Crippen molar-refractivity contribution in [3.05, 3.63) is 93.5 Å². The molecule has 3 saturated heterocycles. The molecule has 278 valence electrons. The molecule has 0 aromatic heterocycles. The van der Waals surface area contributed by atoms with Crippen LogP contribution in [0.2, 0.25) is 0 Å². The van der Waals surface area contributed by atoms with Gasteiger partial charge in [0.1, 0.15) is 17.9 Å². The molecule has 0 saturated carbocycles. The highest BCUT2D eigenvalue weighted by Gasteiger charge is 2.45. The summed E-state index contributed by atoms with van der Waals surface area (Å²) < 4.78 is 6.22. The van der Waals surface area contributed by atoms with Crippen molar-refractivity contribution < 1.29 is 28.7 Å². The number of rotatable bonds is 7. The van der Waals surface area contributed by atoms with Gasteiger partial charge in [0.05, 0.1) is 22.8 Å². The number of ether oxygens (including phenoxy) is 1. The van der Waals surface area contributed by atoms with Crippen molar-refractivity contribution in [1.29, 1.82) is 5.26 Å². The summed E-state index contributed by atoms with van der Waals surface area (Å²) >= 11 is 0. The van der Waals surface area contributed by atoms with Crippen LogP contribution >= 0.6 is 0 Å². The molecule has 5 heterocycles. The molecule has 54 heavy (non-hydrogen) atoms. The number of hydrogen-bond acceptors (Lipinski definition) is 9. The molecule has 3 aromatic carbocycles. The second-order valence-electron chi connectivity index (χ2n) is 15.3. The minimum Gasteiger partial charge on any atom is -0.490 e. The van der Waals surface area contributed by atoms with Crippen molar-refractivity contribution in [2.45, 2.75) is 70.6 Å². The fraction of sp³-hybridized carbons (Fsp3) is 0.429. The lowest BCUT2D eigenvalue weighted by atomic mass is 9.91. The first kappa shape index (κ1) is 35.5. The Morgan fingerprint density at radius 1 is 0.833 bits per heavy atom. The van der Waals surface area contributed by atoms with E-state index >= 15 is 0 Å². The summed E-state index contributed by atoms with van der Waals surface area (Å²) in [4.78, 5) is 71.9. The summed E-state index contributed by atoms with van der Waals surface area (Å²) in [6, 6.07) is 18.5. The van der Waals surface area contributed by atoms with E-state index in [1.807, 2.05) is 66.4 Å². The number of piperidine rings is 3. The van der Waals surface area contributed by atoms with Crippen LogP contribution < -0.4 is 15.0 Å². The van der Waals surface area contributed by atoms with Gasteiger partial charge in [0.2, 0.25) is 11.8 Å². The Labute approximate surface area is 314 Å². The summed E-state index contributed by atoms with van der Waals surface area (Å²) in [6.07, 6.45) is 4.76. The smallest absolute Gasteiger partial charge is 0.262 e. The predicted molar refractivity (Wildman–Crippen MR) is 199 cm³/mol. The third-order valence-electron chi connectivity index (χ3n) is 11.8. The maximum absolute atomic E-state index is 13.5. The summed E-state index contributed by atoms with van der Waals surface area (Å²) in [7, 11) is 0. The zero-order valence-electron chi connectivity index (χ0n) is 30.5. The molecule has 0 bridgehead atoms. The largest absolute Gasteiger partial charge is 0.490 e. The zero-order valence-corrected chi connectivity index (χ0v) is 30.5. The van der Waals surface area contributed by atoms with Crippen LogP contribution in [0.15, 0.2) is 54.6 Å². The number of anilines is 1. The third-order valence-corrected chi connectivity index (χ3v) is 11.8. The number of imide groups is 2. The molecule has 8 rings (SSSR count). The van der Waals surface area contributed by atoms with Gasteiger partial charge in [-0.1, -0.05) is 0 Å². The standard InChI is InChI=1S/C42H44N6O6/c1-26-20-34(7-4-30(26)23-43)54-33-13-18-46(19-14-33)32-5-2-28(3-6-32)40(51)47-16-10-27(11-17-47)24-45-15-12-29-21-35-36(22-31(29)25-45)42(53)48(41(35)52)37-8-9-38(49)44-39(37)50/h2-7,20-22,27,33,37H,8-19,24-25H2,1H3,(H,44,49,50). The Bertz CT molecular complexity index is 2060. The molecular formula is C42H44N6O6. The molecule has 0 radical (unpaired) electrons. The van der Waals surface area contributed by atoms with Crippen molar-refractivity contribution in [3.63, 3.8) is 0 Å². The normalized spacial score (nSPS) is 21.1. The van der Waals surface area contributed by atoms with Gasteiger partial charge in [-0.05, 0) is 110 Å². The fourth-order valence-electron chi connectivity index (χ4n) is 8.68. The quantitative estimate of drug-likeness (QED) is 0.354. The van der Waals surface area contributed by atoms with E-state index in [1.165, 1.54) is 0 Å². The first-order chi connectivity index (χ1) is 26.1. The van der Waals surface area contributed by atoms with E-state index in [-0.39, 0.29) is 24.9 Å². The maximum atomic E-state index is 13.5. The number of amides is 5. The van der Waals surface area contributed by atoms with E-state index in [4.69, 9.17) is 4.74 Å². The summed E-state index contributed by atoms with van der Waals surface area (Å²) in [5.74, 6) is -0.614. The van der Waals surface area contributed by atoms with E-state index in [0.717, 1.165) is 91.3 Å². The lowest BCUT2D eigenvalue weighted by Gasteiger charge is -2.37. The Kier molecular flexibility index (Phi) is 9.67. The molecule has 1 unspecified atom stereocenters. The molecule has 0 aliphatic carbocycles. The number of fused-ring (bicyclic) bond motifs is 2. The minimum absolute atomic E-state index is 0.0659. The Hall–Kier alpha value is -5.54. The van der Waals surface area contributed by atoms with Gasteiger partial charge in [0, 0.05) is 76.3 Å². The molecule has 1 N–H and O–H groups in total. The van der Waals surface area contributed by atoms with Crippen molar-refractivity contribution >= 4 is 35.2 Å². The van der Waals surface area contributed by atoms with Gasteiger partial charge < -0.3 is 14.5 Å². The van der Waals surface area contributed by atoms with Crippen molar-refractivity contribution in [3.8, 4) is 11.8 Å². The number of carbonyl (C=O) groups is 5. The van der Waals surface area contributed by atoms with Crippen molar-refractivity contribution in [1.82, 2.24) is 20.0 Å². The van der Waals surface area contributed by atoms with Crippen LogP contribution in [0.25, 0.3) is 0 Å². The van der Waals surface area contributed by atoms with Gasteiger partial charge >= 0.3 is 0 Å². The van der Waals surface area contributed by atoms with Gasteiger partial charge in [0.25, 0.3) is 17.7 Å². The highest BCUT2D eigenvalue weighted by atomic mass is 16.5. The van der Waals surface area contributed by atoms with E-state index in [0.29, 0.717) is 47.8 Å². The van der Waals surface area contributed by atoms with Crippen LogP contribution in [0.3, 0.4) is 0 Å².